The molecule has 1 fully saturated rings. The van der Waals surface area contributed by atoms with Crippen LogP contribution in [-0.2, 0) is 11.3 Å². The number of nitrogens with one attached hydrogen (secondary N) is 1. The number of carbonyl (C=O) groups excluding carboxylic acids is 1. The van der Waals surface area contributed by atoms with Crippen LogP contribution in [0.3, 0.4) is 0 Å². The fourth-order valence-corrected chi connectivity index (χ4v) is 4.40. The Hall–Kier alpha value is -4.64. The first-order valence-electron chi connectivity index (χ1n) is 12.0. The number of fused-ring (bicyclic) bond motifs is 1. The van der Waals surface area contributed by atoms with Crippen LogP contribution in [0.15, 0.2) is 65.6 Å². The first-order chi connectivity index (χ1) is 18.0. The van der Waals surface area contributed by atoms with E-state index in [1.165, 1.54) is 10.7 Å². The molecular formula is C26H24N8O3. The van der Waals surface area contributed by atoms with Crippen molar-refractivity contribution in [2.45, 2.75) is 13.5 Å². The molecule has 11 heteroatoms. The number of aryl methyl sites for hydroxylation is 1. The molecule has 11 nitrogen and oxygen atoms in total. The number of aromatic amines is 1. The maximum Gasteiger partial charge on any atom is 0.267 e. The van der Waals surface area contributed by atoms with E-state index < -0.39 is 0 Å². The Kier molecular flexibility index (Phi) is 5.81. The Morgan fingerprint density at radius 2 is 1.86 bits per heavy atom. The van der Waals surface area contributed by atoms with E-state index in [9.17, 15) is 9.59 Å². The summed E-state index contributed by atoms with van der Waals surface area (Å²) in [5.41, 5.74) is 5.06. The van der Waals surface area contributed by atoms with Gasteiger partial charge in [-0.3, -0.25) is 14.7 Å². The van der Waals surface area contributed by atoms with Gasteiger partial charge in [-0.1, -0.05) is 11.3 Å². The zero-order valence-corrected chi connectivity index (χ0v) is 20.2. The number of rotatable bonds is 5. The number of hydrogen-bond donors (Lipinski definition) is 1. The van der Waals surface area contributed by atoms with Gasteiger partial charge < -0.3 is 9.64 Å². The van der Waals surface area contributed by atoms with E-state index in [-0.39, 0.29) is 11.5 Å². The lowest BCUT2D eigenvalue weighted by Gasteiger charge is -2.26. The topological polar surface area (TPSA) is 124 Å². The summed E-state index contributed by atoms with van der Waals surface area (Å²) in [5, 5.41) is 21.3. The maximum atomic E-state index is 12.7. The van der Waals surface area contributed by atoms with E-state index in [2.05, 4.69) is 25.6 Å². The van der Waals surface area contributed by atoms with Gasteiger partial charge in [0.25, 0.3) is 11.5 Å². The van der Waals surface area contributed by atoms with E-state index >= 15 is 0 Å². The van der Waals surface area contributed by atoms with Crippen molar-refractivity contribution in [3.05, 3.63) is 88.0 Å². The Morgan fingerprint density at radius 1 is 1.05 bits per heavy atom. The van der Waals surface area contributed by atoms with Crippen molar-refractivity contribution in [1.82, 2.24) is 39.9 Å². The zero-order chi connectivity index (χ0) is 25.4. The molecule has 1 aliphatic heterocycles. The predicted molar refractivity (Wildman–Crippen MR) is 136 cm³/mol. The number of H-pyrrole nitrogens is 1. The van der Waals surface area contributed by atoms with Gasteiger partial charge >= 0.3 is 0 Å². The van der Waals surface area contributed by atoms with Crippen LogP contribution in [0, 0.1) is 6.92 Å². The number of ether oxygens (including phenoxy) is 1. The third kappa shape index (κ3) is 4.52. The number of morpholine rings is 1. The van der Waals surface area contributed by atoms with Crippen molar-refractivity contribution in [2.75, 3.05) is 26.3 Å². The number of amides is 1. The van der Waals surface area contributed by atoms with Gasteiger partial charge in [0, 0.05) is 30.1 Å². The number of carbonyl (C=O) groups is 1. The normalized spacial score (nSPS) is 13.8. The summed E-state index contributed by atoms with van der Waals surface area (Å²) in [5.74, 6) is -0.00365. The van der Waals surface area contributed by atoms with Crippen LogP contribution >= 0.6 is 0 Å². The van der Waals surface area contributed by atoms with E-state index in [1.807, 2.05) is 37.3 Å². The van der Waals surface area contributed by atoms with E-state index in [4.69, 9.17) is 4.74 Å². The number of benzene rings is 2. The van der Waals surface area contributed by atoms with Gasteiger partial charge in [0.05, 0.1) is 42.9 Å². The number of aromatic nitrogens is 7. The van der Waals surface area contributed by atoms with Crippen LogP contribution in [0.25, 0.3) is 28.0 Å². The molecular weight excluding hydrogens is 472 g/mol. The average Bonchev–Trinajstić information content (AvgIpc) is 3.58. The van der Waals surface area contributed by atoms with Gasteiger partial charge in [0.15, 0.2) is 0 Å². The van der Waals surface area contributed by atoms with Crippen LogP contribution in [0.1, 0.15) is 21.6 Å². The highest BCUT2D eigenvalue weighted by Gasteiger charge is 2.19. The monoisotopic (exact) mass is 496 g/mol. The maximum absolute atomic E-state index is 12.7. The summed E-state index contributed by atoms with van der Waals surface area (Å²) in [4.78, 5) is 26.7. The molecule has 37 heavy (non-hydrogen) atoms. The molecule has 1 saturated heterocycles. The van der Waals surface area contributed by atoms with Crippen LogP contribution in [-0.4, -0.2) is 72.1 Å². The first kappa shape index (κ1) is 22.8. The van der Waals surface area contributed by atoms with Gasteiger partial charge in [-0.25, -0.2) is 9.36 Å². The van der Waals surface area contributed by atoms with E-state index in [1.54, 1.807) is 34.0 Å². The highest BCUT2D eigenvalue weighted by atomic mass is 16.5. The molecule has 1 N–H and O–H groups in total. The van der Waals surface area contributed by atoms with Gasteiger partial charge in [-0.15, -0.1) is 5.10 Å². The minimum absolute atomic E-state index is 0.00365. The summed E-state index contributed by atoms with van der Waals surface area (Å²) in [6.07, 6.45) is 1.80. The quantitative estimate of drug-likeness (QED) is 0.396. The van der Waals surface area contributed by atoms with Crippen LogP contribution in [0.5, 0.6) is 0 Å². The fourth-order valence-electron chi connectivity index (χ4n) is 4.40. The standard InChI is InChI=1S/C26H24N8O3/c1-17-2-9-24(35)34(30-17)15-18-3-8-22-21(14-18)25(29-27-22)23-16-33(31-28-23)20-6-4-19(5-7-20)26(36)32-10-12-37-13-11-32/h2-9,14,16H,10-13,15H2,1H3,(H,27,29). The van der Waals surface area contributed by atoms with Crippen molar-refractivity contribution >= 4 is 16.8 Å². The van der Waals surface area contributed by atoms with Crippen LogP contribution < -0.4 is 5.56 Å². The molecule has 0 saturated carbocycles. The molecule has 1 aliphatic rings. The molecule has 0 radical (unpaired) electrons. The molecule has 5 aromatic rings. The van der Waals surface area contributed by atoms with Crippen molar-refractivity contribution < 1.29 is 9.53 Å². The molecule has 0 aliphatic carbocycles. The fraction of sp³-hybridized carbons (Fsp3) is 0.231. The molecule has 2 aromatic carbocycles. The highest BCUT2D eigenvalue weighted by molar-refractivity contribution is 5.94. The van der Waals surface area contributed by atoms with E-state index in [0.29, 0.717) is 49.8 Å². The molecule has 6 rings (SSSR count). The average molecular weight is 497 g/mol. The largest absolute Gasteiger partial charge is 0.378 e. The van der Waals surface area contributed by atoms with Gasteiger partial charge in [-0.2, -0.15) is 10.2 Å². The van der Waals surface area contributed by atoms with Crippen molar-refractivity contribution in [3.8, 4) is 17.1 Å². The Balaban J connectivity index is 1.25. The lowest BCUT2D eigenvalue weighted by molar-refractivity contribution is 0.0303. The minimum Gasteiger partial charge on any atom is -0.378 e. The lowest BCUT2D eigenvalue weighted by Crippen LogP contribution is -2.40. The van der Waals surface area contributed by atoms with Crippen molar-refractivity contribution in [2.24, 2.45) is 0 Å². The molecule has 186 valence electrons. The summed E-state index contributed by atoms with van der Waals surface area (Å²) in [6, 6.07) is 16.4. The molecule has 0 unspecified atom stereocenters. The molecule has 3 aromatic heterocycles. The van der Waals surface area contributed by atoms with Gasteiger partial charge in [0.2, 0.25) is 0 Å². The van der Waals surface area contributed by atoms with Crippen LogP contribution in [0.4, 0.5) is 0 Å². The number of nitrogens with zero attached hydrogens (tertiary/aromatic N) is 7. The second kappa shape index (κ2) is 9.43. The highest BCUT2D eigenvalue weighted by Crippen LogP contribution is 2.26. The summed E-state index contributed by atoms with van der Waals surface area (Å²) < 4.78 is 8.42. The third-order valence-corrected chi connectivity index (χ3v) is 6.37. The predicted octanol–water partition coefficient (Wildman–Crippen LogP) is 2.20. The summed E-state index contributed by atoms with van der Waals surface area (Å²) in [6.45, 7) is 4.54. The smallest absolute Gasteiger partial charge is 0.267 e. The van der Waals surface area contributed by atoms with Crippen molar-refractivity contribution in [3.63, 3.8) is 0 Å². The SMILES string of the molecule is Cc1ccc(=O)n(Cc2ccc3[nH]nc(-c4cn(-c5ccc(C(=O)N6CCOCC6)cc5)nn4)c3c2)n1. The second-order valence-electron chi connectivity index (χ2n) is 8.92. The third-order valence-electron chi connectivity index (χ3n) is 6.37. The zero-order valence-electron chi connectivity index (χ0n) is 20.2. The van der Waals surface area contributed by atoms with Crippen LogP contribution in [0.2, 0.25) is 0 Å². The Labute approximate surface area is 211 Å². The molecule has 0 spiro atoms. The van der Waals surface area contributed by atoms with Gasteiger partial charge in [-0.05, 0) is 55.0 Å². The summed E-state index contributed by atoms with van der Waals surface area (Å²) >= 11 is 0. The first-order valence-corrected chi connectivity index (χ1v) is 12.0. The Morgan fingerprint density at radius 3 is 2.68 bits per heavy atom. The number of hydrogen-bond acceptors (Lipinski definition) is 7. The molecule has 0 bridgehead atoms. The molecule has 1 amide bonds. The summed E-state index contributed by atoms with van der Waals surface area (Å²) in [7, 11) is 0. The molecule has 0 atom stereocenters. The van der Waals surface area contributed by atoms with E-state index in [0.717, 1.165) is 27.8 Å². The molecule has 4 heterocycles. The van der Waals surface area contributed by atoms with Crippen molar-refractivity contribution in [1.29, 1.82) is 0 Å². The Bertz CT molecular complexity index is 1640. The minimum atomic E-state index is -0.154. The second-order valence-corrected chi connectivity index (χ2v) is 8.92. The van der Waals surface area contributed by atoms with Gasteiger partial charge in [0.1, 0.15) is 11.4 Å². The lowest BCUT2D eigenvalue weighted by atomic mass is 10.1.